The average molecular weight is 211 g/mol. The summed E-state index contributed by atoms with van der Waals surface area (Å²) in [5.41, 5.74) is 8.00. The first-order valence-corrected chi connectivity index (χ1v) is 4.29. The van der Waals surface area contributed by atoms with Gasteiger partial charge in [0.15, 0.2) is 0 Å². The highest BCUT2D eigenvalue weighted by Crippen LogP contribution is 2.11. The first kappa shape index (κ1) is 11.3. The summed E-state index contributed by atoms with van der Waals surface area (Å²) in [4.78, 5) is 2.50. The highest BCUT2D eigenvalue weighted by Gasteiger charge is 2.03. The smallest absolute Gasteiger partial charge is 0.123 e. The first-order chi connectivity index (χ1) is 7.22. The maximum Gasteiger partial charge on any atom is 0.123 e. The van der Waals surface area contributed by atoms with Crippen molar-refractivity contribution in [3.05, 3.63) is 40.5 Å². The maximum absolute atomic E-state index is 12.5. The van der Waals surface area contributed by atoms with Crippen molar-refractivity contribution < 1.29 is 14.2 Å². The molecule has 0 aliphatic rings. The van der Waals surface area contributed by atoms with E-state index < -0.39 is 6.10 Å². The van der Waals surface area contributed by atoms with Gasteiger partial charge >= 0.3 is 0 Å². The number of azide groups is 1. The van der Waals surface area contributed by atoms with E-state index in [9.17, 15) is 9.50 Å². The first-order valence-electron chi connectivity index (χ1n) is 4.29. The number of aliphatic hydroxyl groups excluding tert-OH is 1. The monoisotopic (exact) mass is 211 g/mol. The predicted octanol–water partition coefficient (Wildman–Crippen LogP) is 1.88. The number of hydrogen-bond donors (Lipinski definition) is 1. The van der Waals surface area contributed by atoms with Crippen LogP contribution in [-0.4, -0.2) is 24.4 Å². The summed E-state index contributed by atoms with van der Waals surface area (Å²) >= 11 is 0. The van der Waals surface area contributed by atoms with Crippen LogP contribution in [0.15, 0.2) is 29.4 Å². The molecule has 0 radical (unpaired) electrons. The lowest BCUT2D eigenvalue weighted by atomic mass is 10.3. The minimum atomic E-state index is -0.856. The molecule has 0 saturated heterocycles. The molecule has 1 aromatic carbocycles. The van der Waals surface area contributed by atoms with Crippen molar-refractivity contribution in [2.75, 3.05) is 13.2 Å². The van der Waals surface area contributed by atoms with E-state index in [-0.39, 0.29) is 19.0 Å². The number of benzene rings is 1. The third kappa shape index (κ3) is 4.30. The fourth-order valence-electron chi connectivity index (χ4n) is 0.907. The summed E-state index contributed by atoms with van der Waals surface area (Å²) in [5, 5.41) is 12.4. The highest BCUT2D eigenvalue weighted by molar-refractivity contribution is 5.22. The molecule has 0 spiro atoms. The Labute approximate surface area is 85.7 Å². The number of hydrogen-bond acceptors (Lipinski definition) is 3. The van der Waals surface area contributed by atoms with E-state index in [2.05, 4.69) is 10.0 Å². The molecule has 0 heterocycles. The summed E-state index contributed by atoms with van der Waals surface area (Å²) in [7, 11) is 0. The molecule has 1 atom stereocenters. The minimum absolute atomic E-state index is 0.00462. The third-order valence-corrected chi connectivity index (χ3v) is 1.61. The van der Waals surface area contributed by atoms with Crippen molar-refractivity contribution >= 4 is 0 Å². The van der Waals surface area contributed by atoms with Crippen LogP contribution in [-0.2, 0) is 0 Å². The Kier molecular flexibility index (Phi) is 4.40. The molecule has 0 amide bonds. The average Bonchev–Trinajstić information content (AvgIpc) is 2.25. The topological polar surface area (TPSA) is 78.2 Å². The maximum atomic E-state index is 12.5. The zero-order chi connectivity index (χ0) is 11.1. The molecule has 0 bridgehead atoms. The predicted molar refractivity (Wildman–Crippen MR) is 51.9 cm³/mol. The van der Waals surface area contributed by atoms with Crippen molar-refractivity contribution in [2.45, 2.75) is 6.10 Å². The fourth-order valence-corrected chi connectivity index (χ4v) is 0.907. The van der Waals surface area contributed by atoms with Gasteiger partial charge in [-0.25, -0.2) is 4.39 Å². The molecule has 0 aromatic heterocycles. The zero-order valence-corrected chi connectivity index (χ0v) is 7.88. The number of nitrogens with zero attached hydrogens (tertiary/aromatic N) is 3. The summed E-state index contributed by atoms with van der Waals surface area (Å²) < 4.78 is 17.6. The van der Waals surface area contributed by atoms with Gasteiger partial charge in [0, 0.05) is 4.91 Å². The third-order valence-electron chi connectivity index (χ3n) is 1.61. The van der Waals surface area contributed by atoms with Crippen LogP contribution >= 0.6 is 0 Å². The lowest BCUT2D eigenvalue weighted by Crippen LogP contribution is -2.20. The van der Waals surface area contributed by atoms with Gasteiger partial charge in [-0.15, -0.1) is 0 Å². The van der Waals surface area contributed by atoms with E-state index in [1.54, 1.807) is 0 Å². The van der Waals surface area contributed by atoms with Gasteiger partial charge in [-0.2, -0.15) is 0 Å². The van der Waals surface area contributed by atoms with Gasteiger partial charge in [-0.3, -0.25) is 0 Å². The van der Waals surface area contributed by atoms with Gasteiger partial charge < -0.3 is 9.84 Å². The van der Waals surface area contributed by atoms with Crippen molar-refractivity contribution in [2.24, 2.45) is 5.11 Å². The highest BCUT2D eigenvalue weighted by atomic mass is 19.1. The van der Waals surface area contributed by atoms with Gasteiger partial charge in [0.25, 0.3) is 0 Å². The lowest BCUT2D eigenvalue weighted by Gasteiger charge is -2.09. The van der Waals surface area contributed by atoms with Crippen LogP contribution in [0, 0.1) is 5.82 Å². The van der Waals surface area contributed by atoms with Crippen LogP contribution in [0.1, 0.15) is 0 Å². The Morgan fingerprint density at radius 2 is 2.13 bits per heavy atom. The summed E-state index contributed by atoms with van der Waals surface area (Å²) in [6.45, 7) is -0.0393. The summed E-state index contributed by atoms with van der Waals surface area (Å²) in [6.07, 6.45) is -0.856. The van der Waals surface area contributed by atoms with Crippen molar-refractivity contribution in [3.8, 4) is 5.75 Å². The molecule has 15 heavy (non-hydrogen) atoms. The number of halogens is 1. The second kappa shape index (κ2) is 5.85. The van der Waals surface area contributed by atoms with E-state index in [0.717, 1.165) is 0 Å². The van der Waals surface area contributed by atoms with Gasteiger partial charge in [0.05, 0.1) is 12.6 Å². The second-order valence-corrected chi connectivity index (χ2v) is 2.83. The van der Waals surface area contributed by atoms with Crippen molar-refractivity contribution in [1.82, 2.24) is 0 Å². The summed E-state index contributed by atoms with van der Waals surface area (Å²) in [5.74, 6) is 0.105. The van der Waals surface area contributed by atoms with E-state index in [4.69, 9.17) is 10.3 Å². The molecule has 1 rings (SSSR count). The van der Waals surface area contributed by atoms with Gasteiger partial charge in [-0.05, 0) is 29.8 Å². The van der Waals surface area contributed by atoms with Crippen LogP contribution in [0.5, 0.6) is 5.75 Å². The molecular weight excluding hydrogens is 201 g/mol. The Morgan fingerprint density at radius 3 is 2.73 bits per heavy atom. The zero-order valence-electron chi connectivity index (χ0n) is 7.88. The largest absolute Gasteiger partial charge is 0.491 e. The SMILES string of the molecule is [N-]=[N+]=NC[C@H](O)COc1ccc(F)cc1. The molecule has 0 fully saturated rings. The Balaban J connectivity index is 2.36. The molecule has 0 saturated carbocycles. The second-order valence-electron chi connectivity index (χ2n) is 2.83. The van der Waals surface area contributed by atoms with Crippen molar-refractivity contribution in [1.29, 1.82) is 0 Å². The molecule has 0 aliphatic heterocycles. The van der Waals surface area contributed by atoms with Crippen LogP contribution in [0.4, 0.5) is 4.39 Å². The number of rotatable bonds is 5. The molecular formula is C9H10FN3O2. The van der Waals surface area contributed by atoms with Crippen LogP contribution in [0.2, 0.25) is 0 Å². The Morgan fingerprint density at radius 1 is 1.47 bits per heavy atom. The molecule has 80 valence electrons. The Bertz CT molecular complexity index is 349. The number of ether oxygens (including phenoxy) is 1. The van der Waals surface area contributed by atoms with Crippen LogP contribution < -0.4 is 4.74 Å². The molecule has 0 unspecified atom stereocenters. The van der Waals surface area contributed by atoms with E-state index in [0.29, 0.717) is 5.75 Å². The molecule has 1 N–H and O–H groups in total. The van der Waals surface area contributed by atoms with E-state index >= 15 is 0 Å². The van der Waals surface area contributed by atoms with Gasteiger partial charge in [-0.1, -0.05) is 5.11 Å². The molecule has 1 aromatic rings. The summed E-state index contributed by atoms with van der Waals surface area (Å²) in [6, 6.07) is 5.43. The van der Waals surface area contributed by atoms with E-state index in [1.165, 1.54) is 24.3 Å². The standard InChI is InChI=1S/C9H10FN3O2/c10-7-1-3-9(4-2-7)15-6-8(14)5-12-13-11/h1-4,8,14H,5-6H2/t8-/m0/s1. The van der Waals surface area contributed by atoms with Crippen LogP contribution in [0.3, 0.4) is 0 Å². The normalized spacial score (nSPS) is 11.6. The number of aliphatic hydroxyl groups is 1. The van der Waals surface area contributed by atoms with Crippen molar-refractivity contribution in [3.63, 3.8) is 0 Å². The van der Waals surface area contributed by atoms with E-state index in [1.807, 2.05) is 0 Å². The fraction of sp³-hybridized carbons (Fsp3) is 0.333. The minimum Gasteiger partial charge on any atom is -0.491 e. The Hall–Kier alpha value is -1.78. The lowest BCUT2D eigenvalue weighted by molar-refractivity contribution is 0.114. The van der Waals surface area contributed by atoms with Gasteiger partial charge in [0.1, 0.15) is 18.2 Å². The van der Waals surface area contributed by atoms with Crippen LogP contribution in [0.25, 0.3) is 10.4 Å². The molecule has 5 nitrogen and oxygen atoms in total. The molecule has 6 heteroatoms. The molecule has 0 aliphatic carbocycles. The van der Waals surface area contributed by atoms with Gasteiger partial charge in [0.2, 0.25) is 0 Å². The quantitative estimate of drug-likeness (QED) is 0.458.